The highest BCUT2D eigenvalue weighted by Crippen LogP contribution is 2.24. The number of hydrogen-bond donors (Lipinski definition) is 0. The summed E-state index contributed by atoms with van der Waals surface area (Å²) >= 11 is 0. The van der Waals surface area contributed by atoms with Crippen LogP contribution in [-0.4, -0.2) is 45.1 Å². The second kappa shape index (κ2) is 6.41. The molecule has 0 spiro atoms. The molecule has 1 unspecified atom stereocenters. The minimum absolute atomic E-state index is 0.0335. The summed E-state index contributed by atoms with van der Waals surface area (Å²) in [7, 11) is 0. The molecule has 0 bridgehead atoms. The molecule has 6 heteroatoms. The molecule has 122 valence electrons. The van der Waals surface area contributed by atoms with Gasteiger partial charge in [0.15, 0.2) is 5.65 Å². The lowest BCUT2D eigenvalue weighted by Crippen LogP contribution is -2.34. The SMILES string of the molecule is O=C(c1ccnc2ccnn12)N1CCOC(c2ccccc2)CC1. The fraction of sp³-hybridized carbons (Fsp3) is 0.278. The van der Waals surface area contributed by atoms with Crippen molar-refractivity contribution in [3.8, 4) is 0 Å². The summed E-state index contributed by atoms with van der Waals surface area (Å²) in [4.78, 5) is 18.9. The number of fused-ring (bicyclic) bond motifs is 1. The maximum absolute atomic E-state index is 12.9. The van der Waals surface area contributed by atoms with E-state index in [1.165, 1.54) is 0 Å². The Morgan fingerprint density at radius 1 is 1.08 bits per heavy atom. The van der Waals surface area contributed by atoms with Crippen molar-refractivity contribution in [3.63, 3.8) is 0 Å². The molecule has 1 fully saturated rings. The van der Waals surface area contributed by atoms with E-state index in [9.17, 15) is 4.79 Å². The van der Waals surface area contributed by atoms with Crippen molar-refractivity contribution in [2.45, 2.75) is 12.5 Å². The van der Waals surface area contributed by atoms with Crippen molar-refractivity contribution in [3.05, 3.63) is 66.1 Å². The molecule has 24 heavy (non-hydrogen) atoms. The summed E-state index contributed by atoms with van der Waals surface area (Å²) in [6, 6.07) is 13.7. The lowest BCUT2D eigenvalue weighted by Gasteiger charge is -2.20. The summed E-state index contributed by atoms with van der Waals surface area (Å²) < 4.78 is 7.54. The zero-order chi connectivity index (χ0) is 16.4. The van der Waals surface area contributed by atoms with E-state index in [1.54, 1.807) is 29.0 Å². The molecule has 1 atom stereocenters. The molecule has 0 saturated carbocycles. The molecular weight excluding hydrogens is 304 g/mol. The summed E-state index contributed by atoms with van der Waals surface area (Å²) in [5.41, 5.74) is 2.36. The van der Waals surface area contributed by atoms with E-state index < -0.39 is 0 Å². The van der Waals surface area contributed by atoms with Crippen LogP contribution in [0.1, 0.15) is 28.6 Å². The molecule has 4 rings (SSSR count). The van der Waals surface area contributed by atoms with Crippen molar-refractivity contribution >= 4 is 11.6 Å². The van der Waals surface area contributed by atoms with Crippen LogP contribution in [-0.2, 0) is 4.74 Å². The Hall–Kier alpha value is -2.73. The second-order valence-electron chi connectivity index (χ2n) is 5.78. The Morgan fingerprint density at radius 2 is 1.96 bits per heavy atom. The Labute approximate surface area is 139 Å². The molecule has 0 aliphatic carbocycles. The van der Waals surface area contributed by atoms with Gasteiger partial charge < -0.3 is 9.64 Å². The largest absolute Gasteiger partial charge is 0.372 e. The van der Waals surface area contributed by atoms with Gasteiger partial charge in [-0.3, -0.25) is 4.79 Å². The van der Waals surface area contributed by atoms with Crippen LogP contribution < -0.4 is 0 Å². The minimum Gasteiger partial charge on any atom is -0.372 e. The third kappa shape index (κ3) is 2.76. The number of carbonyl (C=O) groups is 1. The maximum atomic E-state index is 12.9. The van der Waals surface area contributed by atoms with Crippen LogP contribution in [0.2, 0.25) is 0 Å². The van der Waals surface area contributed by atoms with Crippen LogP contribution in [0.3, 0.4) is 0 Å². The van der Waals surface area contributed by atoms with Crippen LogP contribution in [0.25, 0.3) is 5.65 Å². The molecule has 1 aliphatic rings. The van der Waals surface area contributed by atoms with Gasteiger partial charge >= 0.3 is 0 Å². The van der Waals surface area contributed by atoms with E-state index >= 15 is 0 Å². The molecular formula is C18H18N4O2. The first-order chi connectivity index (χ1) is 11.8. The summed E-state index contributed by atoms with van der Waals surface area (Å²) in [6.07, 6.45) is 4.11. The van der Waals surface area contributed by atoms with Crippen molar-refractivity contribution in [1.29, 1.82) is 0 Å². The van der Waals surface area contributed by atoms with Gasteiger partial charge in [0, 0.05) is 25.4 Å². The van der Waals surface area contributed by atoms with Gasteiger partial charge in [0.05, 0.1) is 18.9 Å². The average molecular weight is 322 g/mol. The Balaban J connectivity index is 1.53. The topological polar surface area (TPSA) is 59.7 Å². The lowest BCUT2D eigenvalue weighted by molar-refractivity contribution is 0.0583. The molecule has 1 aromatic carbocycles. The van der Waals surface area contributed by atoms with Gasteiger partial charge in [-0.25, -0.2) is 9.50 Å². The van der Waals surface area contributed by atoms with Crippen molar-refractivity contribution < 1.29 is 9.53 Å². The van der Waals surface area contributed by atoms with E-state index in [1.807, 2.05) is 23.1 Å². The number of ether oxygens (including phenoxy) is 1. The molecule has 1 amide bonds. The molecule has 1 aliphatic heterocycles. The standard InChI is InChI=1S/C18H18N4O2/c23-18(15-6-9-19-17-7-10-20-22(15)17)21-11-8-16(24-13-12-21)14-4-2-1-3-5-14/h1-7,9-10,16H,8,11-13H2. The monoisotopic (exact) mass is 322 g/mol. The Bertz CT molecular complexity index is 846. The van der Waals surface area contributed by atoms with Gasteiger partial charge in [-0.15, -0.1) is 0 Å². The Morgan fingerprint density at radius 3 is 2.83 bits per heavy atom. The van der Waals surface area contributed by atoms with Gasteiger partial charge in [-0.05, 0) is 18.1 Å². The van der Waals surface area contributed by atoms with Crippen molar-refractivity contribution in [1.82, 2.24) is 19.5 Å². The zero-order valence-corrected chi connectivity index (χ0v) is 13.2. The Kier molecular flexibility index (Phi) is 3.96. The van der Waals surface area contributed by atoms with E-state index in [4.69, 9.17) is 4.74 Å². The summed E-state index contributed by atoms with van der Waals surface area (Å²) in [6.45, 7) is 1.76. The van der Waals surface area contributed by atoms with Crippen LogP contribution in [0.4, 0.5) is 0 Å². The summed E-state index contributed by atoms with van der Waals surface area (Å²) in [5, 5.41) is 4.20. The fourth-order valence-corrected chi connectivity index (χ4v) is 3.07. The predicted molar refractivity (Wildman–Crippen MR) is 88.6 cm³/mol. The minimum atomic E-state index is -0.0385. The highest BCUT2D eigenvalue weighted by molar-refractivity contribution is 5.93. The number of carbonyl (C=O) groups excluding carboxylic acids is 1. The van der Waals surface area contributed by atoms with E-state index in [0.717, 1.165) is 12.0 Å². The first-order valence-corrected chi connectivity index (χ1v) is 8.07. The van der Waals surface area contributed by atoms with Crippen LogP contribution in [0.15, 0.2) is 54.9 Å². The lowest BCUT2D eigenvalue weighted by atomic mass is 10.1. The highest BCUT2D eigenvalue weighted by atomic mass is 16.5. The first kappa shape index (κ1) is 14.8. The number of rotatable bonds is 2. The number of amides is 1. The van der Waals surface area contributed by atoms with Gasteiger partial charge in [0.2, 0.25) is 0 Å². The van der Waals surface area contributed by atoms with E-state index in [2.05, 4.69) is 22.2 Å². The third-order valence-corrected chi connectivity index (χ3v) is 4.31. The predicted octanol–water partition coefficient (Wildman–Crippen LogP) is 2.33. The van der Waals surface area contributed by atoms with Crippen molar-refractivity contribution in [2.75, 3.05) is 19.7 Å². The molecule has 2 aromatic heterocycles. The quantitative estimate of drug-likeness (QED) is 0.726. The number of nitrogens with zero attached hydrogens (tertiary/aromatic N) is 4. The first-order valence-electron chi connectivity index (χ1n) is 8.07. The maximum Gasteiger partial charge on any atom is 0.272 e. The number of hydrogen-bond acceptors (Lipinski definition) is 4. The van der Waals surface area contributed by atoms with Crippen LogP contribution in [0.5, 0.6) is 0 Å². The van der Waals surface area contributed by atoms with E-state index in [-0.39, 0.29) is 12.0 Å². The second-order valence-corrected chi connectivity index (χ2v) is 5.78. The zero-order valence-electron chi connectivity index (χ0n) is 13.2. The smallest absolute Gasteiger partial charge is 0.272 e. The molecule has 0 radical (unpaired) electrons. The number of aromatic nitrogens is 3. The number of benzene rings is 1. The van der Waals surface area contributed by atoms with Crippen LogP contribution >= 0.6 is 0 Å². The van der Waals surface area contributed by atoms with Crippen molar-refractivity contribution in [2.24, 2.45) is 0 Å². The molecule has 0 N–H and O–H groups in total. The van der Waals surface area contributed by atoms with E-state index in [0.29, 0.717) is 31.0 Å². The normalized spacial score (nSPS) is 18.5. The molecule has 3 aromatic rings. The highest BCUT2D eigenvalue weighted by Gasteiger charge is 2.24. The van der Waals surface area contributed by atoms with Gasteiger partial charge in [0.25, 0.3) is 5.91 Å². The van der Waals surface area contributed by atoms with Gasteiger partial charge in [0.1, 0.15) is 5.69 Å². The molecule has 1 saturated heterocycles. The summed E-state index contributed by atoms with van der Waals surface area (Å²) in [5.74, 6) is -0.0385. The average Bonchev–Trinajstić information content (AvgIpc) is 2.98. The third-order valence-electron chi connectivity index (χ3n) is 4.31. The molecule has 3 heterocycles. The van der Waals surface area contributed by atoms with Crippen LogP contribution in [0, 0.1) is 0 Å². The fourth-order valence-electron chi connectivity index (χ4n) is 3.07. The molecule has 6 nitrogen and oxygen atoms in total. The van der Waals surface area contributed by atoms with Gasteiger partial charge in [-0.1, -0.05) is 30.3 Å². The van der Waals surface area contributed by atoms with Gasteiger partial charge in [-0.2, -0.15) is 5.10 Å².